The second kappa shape index (κ2) is 5.85. The van der Waals surface area contributed by atoms with Crippen molar-refractivity contribution < 1.29 is 4.92 Å². The van der Waals surface area contributed by atoms with E-state index in [1.54, 1.807) is 4.68 Å². The van der Waals surface area contributed by atoms with Crippen molar-refractivity contribution in [2.45, 2.75) is 38.1 Å². The number of halogens is 1. The molecule has 6 heteroatoms. The minimum Gasteiger partial charge on any atom is -0.258 e. The van der Waals surface area contributed by atoms with Crippen LogP contribution < -0.4 is 0 Å². The van der Waals surface area contributed by atoms with Crippen molar-refractivity contribution in [2.75, 3.05) is 0 Å². The Kier molecular flexibility index (Phi) is 3.92. The molecule has 0 bridgehead atoms. The molecule has 1 fully saturated rings. The van der Waals surface area contributed by atoms with E-state index in [0.29, 0.717) is 5.69 Å². The maximum Gasteiger partial charge on any atom is 0.333 e. The summed E-state index contributed by atoms with van der Waals surface area (Å²) < 4.78 is 1.65. The SMILES string of the molecule is O=[N+]([O-])c1c(-c2ccccc2)nn(C2CCCCC2)c1Cl. The lowest BCUT2D eigenvalue weighted by atomic mass is 9.96. The fourth-order valence-corrected chi connectivity index (χ4v) is 3.26. The van der Waals surface area contributed by atoms with Crippen LogP contribution in [0.5, 0.6) is 0 Å². The quantitative estimate of drug-likeness (QED) is 0.614. The van der Waals surface area contributed by atoms with Gasteiger partial charge in [0.15, 0.2) is 5.69 Å². The van der Waals surface area contributed by atoms with E-state index in [4.69, 9.17) is 11.6 Å². The predicted molar refractivity (Wildman–Crippen MR) is 81.4 cm³/mol. The van der Waals surface area contributed by atoms with Crippen LogP contribution in [0.15, 0.2) is 30.3 Å². The highest BCUT2D eigenvalue weighted by Crippen LogP contribution is 2.39. The maximum absolute atomic E-state index is 11.4. The van der Waals surface area contributed by atoms with E-state index < -0.39 is 4.92 Å². The lowest BCUT2D eigenvalue weighted by molar-refractivity contribution is -0.384. The summed E-state index contributed by atoms with van der Waals surface area (Å²) in [5.74, 6) is 0. The molecule has 0 unspecified atom stereocenters. The van der Waals surface area contributed by atoms with Crippen LogP contribution in [0.1, 0.15) is 38.1 Å². The van der Waals surface area contributed by atoms with Gasteiger partial charge in [0.05, 0.1) is 11.0 Å². The van der Waals surface area contributed by atoms with Gasteiger partial charge in [-0.3, -0.25) is 10.1 Å². The fraction of sp³-hybridized carbons (Fsp3) is 0.400. The molecule has 3 rings (SSSR count). The lowest BCUT2D eigenvalue weighted by Gasteiger charge is -2.22. The Morgan fingerprint density at radius 3 is 2.48 bits per heavy atom. The molecule has 1 aromatic heterocycles. The Morgan fingerprint density at radius 2 is 1.86 bits per heavy atom. The number of benzene rings is 1. The number of nitrogens with zero attached hydrogens (tertiary/aromatic N) is 3. The third kappa shape index (κ3) is 2.65. The molecular formula is C15H16ClN3O2. The molecule has 1 aromatic carbocycles. The number of aromatic nitrogens is 2. The number of rotatable bonds is 3. The molecular weight excluding hydrogens is 290 g/mol. The standard InChI is InChI=1S/C15H16ClN3O2/c16-15-14(19(20)21)13(11-7-3-1-4-8-11)17-18(15)12-9-5-2-6-10-12/h1,3-4,7-8,12H,2,5-6,9-10H2. The monoisotopic (exact) mass is 305 g/mol. The first-order valence-corrected chi connectivity index (χ1v) is 7.54. The van der Waals surface area contributed by atoms with Crippen molar-refractivity contribution in [1.29, 1.82) is 0 Å². The van der Waals surface area contributed by atoms with Gasteiger partial charge in [-0.2, -0.15) is 5.10 Å². The minimum atomic E-state index is -0.434. The zero-order chi connectivity index (χ0) is 14.8. The molecule has 2 aromatic rings. The normalized spacial score (nSPS) is 16.0. The van der Waals surface area contributed by atoms with Crippen molar-refractivity contribution in [3.05, 3.63) is 45.6 Å². The van der Waals surface area contributed by atoms with Crippen LogP contribution in [-0.2, 0) is 0 Å². The highest BCUT2D eigenvalue weighted by Gasteiger charge is 2.30. The molecule has 1 aliphatic carbocycles. The molecule has 0 N–H and O–H groups in total. The summed E-state index contributed by atoms with van der Waals surface area (Å²) in [6, 6.07) is 9.35. The summed E-state index contributed by atoms with van der Waals surface area (Å²) in [6.07, 6.45) is 5.41. The minimum absolute atomic E-state index is 0.0894. The van der Waals surface area contributed by atoms with Gasteiger partial charge in [-0.15, -0.1) is 0 Å². The smallest absolute Gasteiger partial charge is 0.258 e. The van der Waals surface area contributed by atoms with Gasteiger partial charge in [0.25, 0.3) is 0 Å². The average molecular weight is 306 g/mol. The van der Waals surface area contributed by atoms with Gasteiger partial charge >= 0.3 is 5.69 Å². The van der Waals surface area contributed by atoms with E-state index in [1.807, 2.05) is 30.3 Å². The topological polar surface area (TPSA) is 61.0 Å². The van der Waals surface area contributed by atoms with Crippen LogP contribution in [0.3, 0.4) is 0 Å². The van der Waals surface area contributed by atoms with E-state index in [2.05, 4.69) is 5.10 Å². The molecule has 1 aliphatic rings. The number of nitro groups is 1. The van der Waals surface area contributed by atoms with Gasteiger partial charge in [0.2, 0.25) is 5.15 Å². The Balaban J connectivity index is 2.09. The molecule has 0 atom stereocenters. The van der Waals surface area contributed by atoms with Crippen LogP contribution in [-0.4, -0.2) is 14.7 Å². The van der Waals surface area contributed by atoms with Crippen LogP contribution >= 0.6 is 11.6 Å². The summed E-state index contributed by atoms with van der Waals surface area (Å²) in [7, 11) is 0. The summed E-state index contributed by atoms with van der Waals surface area (Å²) >= 11 is 6.27. The van der Waals surface area contributed by atoms with Gasteiger partial charge < -0.3 is 0 Å². The fourth-order valence-electron chi connectivity index (χ4n) is 2.93. The van der Waals surface area contributed by atoms with E-state index in [9.17, 15) is 10.1 Å². The van der Waals surface area contributed by atoms with E-state index in [1.165, 1.54) is 6.42 Å². The molecule has 1 heterocycles. The van der Waals surface area contributed by atoms with Crippen LogP contribution in [0.2, 0.25) is 5.15 Å². The van der Waals surface area contributed by atoms with E-state index in [-0.39, 0.29) is 16.9 Å². The maximum atomic E-state index is 11.4. The average Bonchev–Trinajstić information content (AvgIpc) is 2.87. The second-order valence-electron chi connectivity index (χ2n) is 5.35. The molecule has 5 nitrogen and oxygen atoms in total. The van der Waals surface area contributed by atoms with Gasteiger partial charge in [-0.1, -0.05) is 61.2 Å². The van der Waals surface area contributed by atoms with E-state index >= 15 is 0 Å². The van der Waals surface area contributed by atoms with Crippen LogP contribution in [0.25, 0.3) is 11.3 Å². The lowest BCUT2D eigenvalue weighted by Crippen LogP contribution is -2.14. The van der Waals surface area contributed by atoms with Crippen molar-refractivity contribution in [1.82, 2.24) is 9.78 Å². The summed E-state index contributed by atoms with van der Waals surface area (Å²) in [5, 5.41) is 16.0. The summed E-state index contributed by atoms with van der Waals surface area (Å²) in [5.41, 5.74) is 0.991. The number of hydrogen-bond donors (Lipinski definition) is 0. The van der Waals surface area contributed by atoms with Crippen molar-refractivity contribution >= 4 is 17.3 Å². The number of hydrogen-bond acceptors (Lipinski definition) is 3. The van der Waals surface area contributed by atoms with Gasteiger partial charge in [-0.05, 0) is 12.8 Å². The summed E-state index contributed by atoms with van der Waals surface area (Å²) in [6.45, 7) is 0. The van der Waals surface area contributed by atoms with Gasteiger partial charge in [0.1, 0.15) is 0 Å². The van der Waals surface area contributed by atoms with E-state index in [0.717, 1.165) is 31.2 Å². The third-order valence-corrected chi connectivity index (χ3v) is 4.33. The Labute approximate surface area is 127 Å². The highest BCUT2D eigenvalue weighted by atomic mass is 35.5. The molecule has 0 amide bonds. The zero-order valence-corrected chi connectivity index (χ0v) is 12.3. The van der Waals surface area contributed by atoms with Crippen molar-refractivity contribution in [2.24, 2.45) is 0 Å². The molecule has 110 valence electrons. The molecule has 0 radical (unpaired) electrons. The Bertz CT molecular complexity index is 648. The molecule has 0 spiro atoms. The second-order valence-corrected chi connectivity index (χ2v) is 5.71. The predicted octanol–water partition coefficient (Wildman–Crippen LogP) is 4.62. The van der Waals surface area contributed by atoms with Crippen LogP contribution in [0.4, 0.5) is 5.69 Å². The molecule has 1 saturated carbocycles. The Morgan fingerprint density at radius 1 is 1.19 bits per heavy atom. The molecule has 21 heavy (non-hydrogen) atoms. The van der Waals surface area contributed by atoms with Gasteiger partial charge in [0, 0.05) is 5.56 Å². The zero-order valence-electron chi connectivity index (χ0n) is 11.5. The first kappa shape index (κ1) is 14.1. The van der Waals surface area contributed by atoms with Crippen LogP contribution in [0, 0.1) is 10.1 Å². The first-order valence-electron chi connectivity index (χ1n) is 7.16. The highest BCUT2D eigenvalue weighted by molar-refractivity contribution is 6.32. The third-order valence-electron chi connectivity index (χ3n) is 3.98. The molecule has 0 saturated heterocycles. The summed E-state index contributed by atoms with van der Waals surface area (Å²) in [4.78, 5) is 10.9. The molecule has 0 aliphatic heterocycles. The Hall–Kier alpha value is -1.88. The largest absolute Gasteiger partial charge is 0.333 e. The van der Waals surface area contributed by atoms with Crippen molar-refractivity contribution in [3.63, 3.8) is 0 Å². The van der Waals surface area contributed by atoms with Gasteiger partial charge in [-0.25, -0.2) is 4.68 Å². The first-order chi connectivity index (χ1) is 10.2. The van der Waals surface area contributed by atoms with Crippen molar-refractivity contribution in [3.8, 4) is 11.3 Å².